The minimum atomic E-state index is -0.711. The molecule has 0 N–H and O–H groups in total. The Morgan fingerprint density at radius 2 is 2.20 bits per heavy atom. The van der Waals surface area contributed by atoms with Crippen LogP contribution in [0.5, 0.6) is 0 Å². The van der Waals surface area contributed by atoms with Gasteiger partial charge in [-0.05, 0) is 18.7 Å². The number of aromatic nitrogens is 4. The lowest BCUT2D eigenvalue weighted by Gasteiger charge is -2.03. The average molecular weight is 224 g/mol. The highest BCUT2D eigenvalue weighted by molar-refractivity contribution is 7.99. The van der Waals surface area contributed by atoms with Gasteiger partial charge in [-0.25, -0.2) is 9.97 Å². The van der Waals surface area contributed by atoms with Crippen molar-refractivity contribution in [1.29, 1.82) is 0 Å². The Morgan fingerprint density at radius 1 is 1.40 bits per heavy atom. The topological polar surface area (TPSA) is 43.6 Å². The Morgan fingerprint density at radius 3 is 2.87 bits per heavy atom. The highest BCUT2D eigenvalue weighted by atomic mass is 32.2. The van der Waals surface area contributed by atoms with Gasteiger partial charge in [0.25, 0.3) is 0 Å². The van der Waals surface area contributed by atoms with Crippen molar-refractivity contribution in [2.24, 2.45) is 7.05 Å². The van der Waals surface area contributed by atoms with Crippen LogP contribution < -0.4 is 0 Å². The third-order valence-electron chi connectivity index (χ3n) is 1.86. The fourth-order valence-corrected chi connectivity index (χ4v) is 1.87. The zero-order valence-corrected chi connectivity index (χ0v) is 9.12. The molecule has 0 fully saturated rings. The van der Waals surface area contributed by atoms with Crippen LogP contribution in [-0.4, -0.2) is 19.5 Å². The van der Waals surface area contributed by atoms with Gasteiger partial charge in [-0.3, -0.25) is 0 Å². The summed E-state index contributed by atoms with van der Waals surface area (Å²) in [6.07, 6.45) is 4.27. The van der Waals surface area contributed by atoms with E-state index in [-0.39, 0.29) is 0 Å². The molecule has 0 bridgehead atoms. The maximum Gasteiger partial charge on any atom is 0.309 e. The number of rotatable bonds is 2. The molecule has 0 saturated heterocycles. The summed E-state index contributed by atoms with van der Waals surface area (Å²) < 4.78 is 14.7. The molecule has 4 nitrogen and oxygen atoms in total. The molecule has 0 atom stereocenters. The summed E-state index contributed by atoms with van der Waals surface area (Å²) >= 11 is 1.32. The summed E-state index contributed by atoms with van der Waals surface area (Å²) in [5, 5.41) is 1.37. The van der Waals surface area contributed by atoms with Crippen molar-refractivity contribution < 1.29 is 4.39 Å². The molecule has 0 aliphatic carbocycles. The minimum Gasteiger partial charge on any atom is -0.329 e. The lowest BCUT2D eigenvalue weighted by atomic mass is 10.4. The van der Waals surface area contributed by atoms with E-state index in [1.165, 1.54) is 18.0 Å². The number of imidazole rings is 1. The second-order valence-corrected chi connectivity index (χ2v) is 4.01. The Balaban J connectivity index is 2.32. The molecule has 2 heterocycles. The first-order valence-electron chi connectivity index (χ1n) is 4.31. The fraction of sp³-hybridized carbons (Fsp3) is 0.222. The Labute approximate surface area is 90.6 Å². The van der Waals surface area contributed by atoms with Crippen LogP contribution in [0.4, 0.5) is 4.39 Å². The number of hydrogen-bond acceptors (Lipinski definition) is 4. The van der Waals surface area contributed by atoms with Crippen molar-refractivity contribution in [2.45, 2.75) is 17.1 Å². The second-order valence-electron chi connectivity index (χ2n) is 3.05. The predicted octanol–water partition coefficient (Wildman–Crippen LogP) is 1.81. The normalized spacial score (nSPS) is 10.6. The molecule has 0 aliphatic rings. The molecule has 0 aromatic carbocycles. The van der Waals surface area contributed by atoms with Gasteiger partial charge in [0, 0.05) is 31.2 Å². The van der Waals surface area contributed by atoms with E-state index in [0.29, 0.717) is 5.03 Å². The van der Waals surface area contributed by atoms with Crippen LogP contribution in [0.1, 0.15) is 5.56 Å². The Kier molecular flexibility index (Phi) is 2.68. The van der Waals surface area contributed by atoms with Crippen molar-refractivity contribution in [3.05, 3.63) is 30.2 Å². The van der Waals surface area contributed by atoms with Gasteiger partial charge in [0.05, 0.1) is 0 Å². The highest BCUT2D eigenvalue weighted by Gasteiger charge is 2.08. The van der Waals surface area contributed by atoms with E-state index in [4.69, 9.17) is 0 Å². The third-order valence-corrected chi connectivity index (χ3v) is 3.04. The monoisotopic (exact) mass is 224 g/mol. The molecular formula is C9H9FN4S. The van der Waals surface area contributed by atoms with Crippen LogP contribution in [0.3, 0.4) is 0 Å². The van der Waals surface area contributed by atoms with Crippen molar-refractivity contribution in [3.8, 4) is 0 Å². The minimum absolute atomic E-state index is 0.594. The quantitative estimate of drug-likeness (QED) is 0.576. The molecule has 2 aromatic heterocycles. The van der Waals surface area contributed by atoms with Gasteiger partial charge in [0.2, 0.25) is 0 Å². The summed E-state index contributed by atoms with van der Waals surface area (Å²) in [7, 11) is 1.88. The molecule has 0 spiro atoms. The van der Waals surface area contributed by atoms with Crippen LogP contribution in [0, 0.1) is 13.0 Å². The number of aryl methyl sites for hydroxylation is 2. The largest absolute Gasteiger partial charge is 0.329 e. The van der Waals surface area contributed by atoms with Gasteiger partial charge in [-0.2, -0.15) is 9.37 Å². The zero-order valence-electron chi connectivity index (χ0n) is 8.31. The molecule has 0 unspecified atom stereocenters. The van der Waals surface area contributed by atoms with Gasteiger partial charge >= 0.3 is 6.08 Å². The summed E-state index contributed by atoms with van der Waals surface area (Å²) in [5.41, 5.74) is 0.837. The molecule has 0 aliphatic heterocycles. The van der Waals surface area contributed by atoms with E-state index in [9.17, 15) is 4.39 Å². The van der Waals surface area contributed by atoms with Crippen molar-refractivity contribution in [3.63, 3.8) is 0 Å². The highest BCUT2D eigenvalue weighted by Crippen LogP contribution is 2.26. The predicted molar refractivity (Wildman–Crippen MR) is 54.1 cm³/mol. The van der Waals surface area contributed by atoms with E-state index in [1.54, 1.807) is 6.20 Å². The van der Waals surface area contributed by atoms with Crippen LogP contribution in [0.15, 0.2) is 28.8 Å². The molecule has 2 aromatic rings. The summed E-state index contributed by atoms with van der Waals surface area (Å²) in [6.45, 7) is 1.84. The number of halogens is 1. The van der Waals surface area contributed by atoms with E-state index < -0.39 is 6.08 Å². The maximum absolute atomic E-state index is 12.8. The van der Waals surface area contributed by atoms with Crippen LogP contribution in [0.2, 0.25) is 0 Å². The molecule has 15 heavy (non-hydrogen) atoms. The maximum atomic E-state index is 12.8. The molecule has 0 saturated carbocycles. The van der Waals surface area contributed by atoms with E-state index in [0.717, 1.165) is 10.7 Å². The van der Waals surface area contributed by atoms with E-state index in [1.807, 2.05) is 24.7 Å². The molecule has 0 radical (unpaired) electrons. The molecular weight excluding hydrogens is 215 g/mol. The summed E-state index contributed by atoms with van der Waals surface area (Å²) in [6, 6.07) is 0. The zero-order chi connectivity index (χ0) is 10.8. The average Bonchev–Trinajstić information content (AvgIpc) is 2.58. The first kappa shape index (κ1) is 10.1. The Bertz CT molecular complexity index is 483. The smallest absolute Gasteiger partial charge is 0.309 e. The van der Waals surface area contributed by atoms with E-state index in [2.05, 4.69) is 15.0 Å². The van der Waals surface area contributed by atoms with Gasteiger partial charge in [-0.15, -0.1) is 0 Å². The molecule has 6 heteroatoms. The van der Waals surface area contributed by atoms with Crippen molar-refractivity contribution in [2.75, 3.05) is 0 Å². The standard InChI is InChI=1S/C9H9FN4S/c1-6-5-12-8(10)13-7(6)15-9-11-3-4-14(9)2/h3-5H,1-2H3. The van der Waals surface area contributed by atoms with Crippen LogP contribution in [0.25, 0.3) is 0 Å². The SMILES string of the molecule is Cc1cnc(F)nc1Sc1nccn1C. The van der Waals surface area contributed by atoms with Gasteiger partial charge in [-0.1, -0.05) is 0 Å². The van der Waals surface area contributed by atoms with Gasteiger partial charge in [0.1, 0.15) is 5.03 Å². The molecule has 78 valence electrons. The fourth-order valence-electron chi connectivity index (χ4n) is 1.05. The van der Waals surface area contributed by atoms with Crippen molar-refractivity contribution >= 4 is 11.8 Å². The second kappa shape index (κ2) is 3.98. The Hall–Kier alpha value is -1.43. The number of nitrogens with zero attached hydrogens (tertiary/aromatic N) is 4. The first-order chi connectivity index (χ1) is 7.16. The molecule has 0 amide bonds. The van der Waals surface area contributed by atoms with Crippen LogP contribution in [-0.2, 0) is 7.05 Å². The summed E-state index contributed by atoms with van der Waals surface area (Å²) in [4.78, 5) is 11.3. The summed E-state index contributed by atoms with van der Waals surface area (Å²) in [5.74, 6) is 0. The van der Waals surface area contributed by atoms with E-state index >= 15 is 0 Å². The molecule has 2 rings (SSSR count). The first-order valence-corrected chi connectivity index (χ1v) is 5.13. The van der Waals surface area contributed by atoms with Gasteiger partial charge < -0.3 is 4.57 Å². The lowest BCUT2D eigenvalue weighted by Crippen LogP contribution is -1.96. The van der Waals surface area contributed by atoms with Crippen LogP contribution >= 0.6 is 11.8 Å². The third kappa shape index (κ3) is 2.15. The lowest BCUT2D eigenvalue weighted by molar-refractivity contribution is 0.524. The van der Waals surface area contributed by atoms with Crippen molar-refractivity contribution in [1.82, 2.24) is 19.5 Å². The van der Waals surface area contributed by atoms with Gasteiger partial charge in [0.15, 0.2) is 5.16 Å². The number of hydrogen-bond donors (Lipinski definition) is 0.